The van der Waals surface area contributed by atoms with Gasteiger partial charge in [0.15, 0.2) is 0 Å². The van der Waals surface area contributed by atoms with Gasteiger partial charge in [0.1, 0.15) is 0 Å². The van der Waals surface area contributed by atoms with Crippen LogP contribution >= 0.6 is 0 Å². The van der Waals surface area contributed by atoms with Crippen LogP contribution in [0.1, 0.15) is 93.7 Å². The molecular formula is C28H34F4. The Hall–Kier alpha value is -1.84. The number of unbranched alkanes of at least 4 members (excludes halogenated alkanes) is 3. The molecule has 0 bridgehead atoms. The molecule has 4 rings (SSSR count). The Morgan fingerprint density at radius 3 is 2.19 bits per heavy atom. The highest BCUT2D eigenvalue weighted by Gasteiger charge is 2.59. The van der Waals surface area contributed by atoms with E-state index in [4.69, 9.17) is 0 Å². The molecule has 0 nitrogen and oxygen atoms in total. The molecule has 0 N–H and O–H groups in total. The van der Waals surface area contributed by atoms with Crippen molar-refractivity contribution in [2.45, 2.75) is 95.3 Å². The molecule has 0 amide bonds. The smallest absolute Gasteiger partial charge is 0.199 e. The number of halogens is 4. The predicted octanol–water partition coefficient (Wildman–Crippen LogP) is 9.27. The van der Waals surface area contributed by atoms with E-state index < -0.39 is 23.8 Å². The Morgan fingerprint density at radius 2 is 1.50 bits per heavy atom. The van der Waals surface area contributed by atoms with Crippen molar-refractivity contribution in [2.75, 3.05) is 0 Å². The monoisotopic (exact) mass is 446 g/mol. The molecule has 0 unspecified atom stereocenters. The summed E-state index contributed by atoms with van der Waals surface area (Å²) >= 11 is 0. The quantitative estimate of drug-likeness (QED) is 0.294. The van der Waals surface area contributed by atoms with Crippen molar-refractivity contribution in [3.63, 3.8) is 0 Å². The second kappa shape index (κ2) is 9.57. The summed E-state index contributed by atoms with van der Waals surface area (Å²) in [6, 6.07) is 12.8. The number of rotatable bonds is 7. The van der Waals surface area contributed by atoms with Crippen LogP contribution < -0.4 is 0 Å². The number of hydrogen-bond acceptors (Lipinski definition) is 0. The van der Waals surface area contributed by atoms with Crippen LogP contribution in [0.15, 0.2) is 42.5 Å². The lowest BCUT2D eigenvalue weighted by molar-refractivity contribution is -0.224. The Bertz CT molecular complexity index is 892. The fourth-order valence-electron chi connectivity index (χ4n) is 5.52. The van der Waals surface area contributed by atoms with Gasteiger partial charge >= 0.3 is 11.8 Å². The largest absolute Gasteiger partial charge is 0.335 e. The molecule has 0 aliphatic heterocycles. The lowest BCUT2D eigenvalue weighted by Crippen LogP contribution is -2.42. The molecule has 1 saturated carbocycles. The van der Waals surface area contributed by atoms with E-state index in [0.29, 0.717) is 11.5 Å². The van der Waals surface area contributed by atoms with E-state index in [-0.39, 0.29) is 6.42 Å². The van der Waals surface area contributed by atoms with Crippen molar-refractivity contribution >= 4 is 0 Å². The van der Waals surface area contributed by atoms with Gasteiger partial charge in [0.05, 0.1) is 0 Å². The number of alkyl halides is 4. The molecule has 0 spiro atoms. The molecule has 1 fully saturated rings. The Balaban J connectivity index is 1.39. The summed E-state index contributed by atoms with van der Waals surface area (Å²) in [6.07, 6.45) is 11.0. The summed E-state index contributed by atoms with van der Waals surface area (Å²) in [5.74, 6) is -6.60. The van der Waals surface area contributed by atoms with Gasteiger partial charge in [-0.25, -0.2) is 0 Å². The second-order valence-electron chi connectivity index (χ2n) is 9.84. The third-order valence-electron chi connectivity index (χ3n) is 7.64. The lowest BCUT2D eigenvalue weighted by atomic mass is 9.77. The Kier molecular flexibility index (Phi) is 6.97. The first-order chi connectivity index (χ1) is 15.3. The molecule has 0 radical (unpaired) electrons. The molecule has 0 heterocycles. The molecule has 0 atom stereocenters. The minimum atomic E-state index is -4.10. The molecule has 2 aromatic carbocycles. The van der Waals surface area contributed by atoms with Crippen molar-refractivity contribution in [1.29, 1.82) is 0 Å². The van der Waals surface area contributed by atoms with Gasteiger partial charge in [-0.15, -0.1) is 0 Å². The topological polar surface area (TPSA) is 0 Å². The van der Waals surface area contributed by atoms with Crippen molar-refractivity contribution < 1.29 is 17.6 Å². The van der Waals surface area contributed by atoms with E-state index in [1.54, 1.807) is 12.1 Å². The first-order valence-electron chi connectivity index (χ1n) is 12.3. The molecule has 0 aromatic heterocycles. The van der Waals surface area contributed by atoms with Gasteiger partial charge in [0, 0.05) is 12.0 Å². The van der Waals surface area contributed by atoms with E-state index in [1.165, 1.54) is 69.4 Å². The van der Waals surface area contributed by atoms with Crippen molar-refractivity contribution in [3.8, 4) is 11.1 Å². The molecule has 2 aromatic rings. The molecule has 174 valence electrons. The zero-order valence-electron chi connectivity index (χ0n) is 19.0. The summed E-state index contributed by atoms with van der Waals surface area (Å²) in [5.41, 5.74) is 2.91. The summed E-state index contributed by atoms with van der Waals surface area (Å²) in [5, 5.41) is 0. The number of fused-ring (bicyclic) bond motifs is 1. The molecule has 4 heteroatoms. The predicted molar refractivity (Wildman–Crippen MR) is 122 cm³/mol. The van der Waals surface area contributed by atoms with Crippen LogP contribution in [0.5, 0.6) is 0 Å². The molecular weight excluding hydrogens is 412 g/mol. The van der Waals surface area contributed by atoms with Gasteiger partial charge in [0.2, 0.25) is 0 Å². The fraction of sp³-hybridized carbons (Fsp3) is 0.571. The standard InChI is InChI=1S/C28H34F4/c1-2-3-4-5-6-20-7-9-21(10-8-20)22-11-13-23(14-12-22)24-15-16-26-25(19-24)17-18-27(29,30)28(26,31)32/h11-16,19-21H,2-10,17-18H2,1H3. The van der Waals surface area contributed by atoms with Gasteiger partial charge in [-0.1, -0.05) is 81.5 Å². The van der Waals surface area contributed by atoms with Gasteiger partial charge in [-0.05, 0) is 66.2 Å². The van der Waals surface area contributed by atoms with Crippen LogP contribution in [0.3, 0.4) is 0 Å². The van der Waals surface area contributed by atoms with E-state index in [2.05, 4.69) is 19.1 Å². The highest BCUT2D eigenvalue weighted by molar-refractivity contribution is 5.66. The minimum absolute atomic E-state index is 0.0223. The van der Waals surface area contributed by atoms with Crippen LogP contribution in [0, 0.1) is 5.92 Å². The normalized spacial score (nSPS) is 24.2. The van der Waals surface area contributed by atoms with E-state index in [1.807, 2.05) is 12.1 Å². The Morgan fingerprint density at radius 1 is 0.812 bits per heavy atom. The third kappa shape index (κ3) is 4.75. The van der Waals surface area contributed by atoms with Gasteiger partial charge in [0.25, 0.3) is 0 Å². The van der Waals surface area contributed by atoms with Gasteiger partial charge in [-0.2, -0.15) is 17.6 Å². The summed E-state index contributed by atoms with van der Waals surface area (Å²) in [4.78, 5) is 0. The zero-order chi connectivity index (χ0) is 22.8. The fourth-order valence-corrected chi connectivity index (χ4v) is 5.52. The molecule has 32 heavy (non-hydrogen) atoms. The summed E-state index contributed by atoms with van der Waals surface area (Å²) < 4.78 is 55.6. The average Bonchev–Trinajstić information content (AvgIpc) is 2.80. The van der Waals surface area contributed by atoms with Crippen molar-refractivity contribution in [3.05, 3.63) is 59.2 Å². The molecule has 2 aliphatic rings. The van der Waals surface area contributed by atoms with Crippen LogP contribution in [0.2, 0.25) is 0 Å². The maximum atomic E-state index is 14.1. The average molecular weight is 447 g/mol. The highest BCUT2D eigenvalue weighted by atomic mass is 19.3. The number of hydrogen-bond donors (Lipinski definition) is 0. The van der Waals surface area contributed by atoms with Crippen LogP contribution in [0.4, 0.5) is 17.6 Å². The van der Waals surface area contributed by atoms with Crippen LogP contribution in [0.25, 0.3) is 11.1 Å². The van der Waals surface area contributed by atoms with E-state index in [0.717, 1.165) is 17.0 Å². The van der Waals surface area contributed by atoms with Gasteiger partial charge in [-0.3, -0.25) is 0 Å². The maximum Gasteiger partial charge on any atom is 0.335 e. The zero-order valence-corrected chi connectivity index (χ0v) is 19.0. The van der Waals surface area contributed by atoms with E-state index in [9.17, 15) is 17.6 Å². The highest BCUT2D eigenvalue weighted by Crippen LogP contribution is 2.50. The van der Waals surface area contributed by atoms with Crippen molar-refractivity contribution in [1.82, 2.24) is 0 Å². The number of benzene rings is 2. The van der Waals surface area contributed by atoms with Gasteiger partial charge < -0.3 is 0 Å². The summed E-state index contributed by atoms with van der Waals surface area (Å²) in [7, 11) is 0. The molecule has 2 aliphatic carbocycles. The maximum absolute atomic E-state index is 14.1. The van der Waals surface area contributed by atoms with E-state index >= 15 is 0 Å². The minimum Gasteiger partial charge on any atom is -0.199 e. The molecule has 0 saturated heterocycles. The van der Waals surface area contributed by atoms with Crippen LogP contribution in [-0.2, 0) is 12.3 Å². The Labute approximate surface area is 189 Å². The SMILES string of the molecule is CCCCCCC1CCC(c2ccc(-c3ccc4c(c3)CCC(F)(F)C4(F)F)cc2)CC1. The lowest BCUT2D eigenvalue weighted by Gasteiger charge is -2.33. The first kappa shape index (κ1) is 23.3. The first-order valence-corrected chi connectivity index (χ1v) is 12.3. The van der Waals surface area contributed by atoms with Crippen LogP contribution in [-0.4, -0.2) is 5.92 Å². The number of aryl methyl sites for hydroxylation is 1. The van der Waals surface area contributed by atoms with Crippen molar-refractivity contribution in [2.24, 2.45) is 5.92 Å². The third-order valence-corrected chi connectivity index (χ3v) is 7.64. The second-order valence-corrected chi connectivity index (χ2v) is 9.84. The summed E-state index contributed by atoms with van der Waals surface area (Å²) in [6.45, 7) is 2.25.